The van der Waals surface area contributed by atoms with Crippen molar-refractivity contribution < 1.29 is 35.1 Å². The van der Waals surface area contributed by atoms with Gasteiger partial charge in [0.1, 0.15) is 0 Å². The largest absolute Gasteiger partial charge is 0.407 e. The van der Waals surface area contributed by atoms with Crippen molar-refractivity contribution in [1.82, 2.24) is 0 Å². The van der Waals surface area contributed by atoms with Crippen molar-refractivity contribution in [3.63, 3.8) is 0 Å². The van der Waals surface area contributed by atoms with Gasteiger partial charge in [-0.15, -0.1) is 0 Å². The summed E-state index contributed by atoms with van der Waals surface area (Å²) in [6, 6.07) is 0. The highest BCUT2D eigenvalue weighted by Gasteiger charge is 2.69. The molecular formula is C4HClF8S. The topological polar surface area (TPSA) is 0 Å². The van der Waals surface area contributed by atoms with E-state index in [1.165, 1.54) is 0 Å². The summed E-state index contributed by atoms with van der Waals surface area (Å²) in [7, 11) is 2.95. The molecule has 0 atom stereocenters. The molecule has 0 spiro atoms. The summed E-state index contributed by atoms with van der Waals surface area (Å²) < 4.78 is 94.2. The second-order valence-corrected chi connectivity index (χ2v) is 3.32. The SMILES string of the molecule is FC(F)(F)C(C(F)(F)F)C(F)(F)SCl. The number of hydrogen-bond donors (Lipinski definition) is 0. The first-order valence-corrected chi connectivity index (χ1v) is 4.38. The molecule has 0 saturated carbocycles. The van der Waals surface area contributed by atoms with E-state index < -0.39 is 34.5 Å². The van der Waals surface area contributed by atoms with E-state index >= 15 is 0 Å². The lowest BCUT2D eigenvalue weighted by Crippen LogP contribution is -2.46. The summed E-state index contributed by atoms with van der Waals surface area (Å²) in [4.78, 5) is 0. The molecule has 0 heterocycles. The summed E-state index contributed by atoms with van der Waals surface area (Å²) in [5.41, 5.74) is 0. The van der Waals surface area contributed by atoms with Gasteiger partial charge in [0.15, 0.2) is 0 Å². The van der Waals surface area contributed by atoms with Gasteiger partial charge in [0.2, 0.25) is 5.92 Å². The summed E-state index contributed by atoms with van der Waals surface area (Å²) in [6.07, 6.45) is -12.2. The zero-order chi connectivity index (χ0) is 11.8. The van der Waals surface area contributed by atoms with Gasteiger partial charge in [-0.1, -0.05) is 0 Å². The molecule has 0 radical (unpaired) electrons. The highest BCUT2D eigenvalue weighted by molar-refractivity contribution is 8.21. The van der Waals surface area contributed by atoms with E-state index in [1.54, 1.807) is 0 Å². The monoisotopic (exact) mass is 268 g/mol. The van der Waals surface area contributed by atoms with Crippen LogP contribution in [0.15, 0.2) is 0 Å². The molecule has 0 aliphatic carbocycles. The second kappa shape index (κ2) is 3.92. The van der Waals surface area contributed by atoms with E-state index in [4.69, 9.17) is 0 Å². The minimum absolute atomic E-state index is 1.31. The third-order valence-electron chi connectivity index (χ3n) is 1.09. The normalized spacial score (nSPS) is 15.0. The van der Waals surface area contributed by atoms with Crippen molar-refractivity contribution in [3.05, 3.63) is 0 Å². The first-order valence-electron chi connectivity index (χ1n) is 2.74. The Morgan fingerprint density at radius 3 is 1.14 bits per heavy atom. The lowest BCUT2D eigenvalue weighted by Gasteiger charge is -2.27. The van der Waals surface area contributed by atoms with Crippen LogP contribution in [0, 0.1) is 5.92 Å². The first kappa shape index (κ1) is 14.1. The van der Waals surface area contributed by atoms with Crippen LogP contribution in [-0.2, 0) is 0 Å². The molecule has 0 unspecified atom stereocenters. The molecule has 0 saturated heterocycles. The van der Waals surface area contributed by atoms with E-state index in [9.17, 15) is 35.1 Å². The Kier molecular flexibility index (Phi) is 3.94. The van der Waals surface area contributed by atoms with E-state index in [0.717, 1.165) is 0 Å². The molecule has 0 aromatic heterocycles. The van der Waals surface area contributed by atoms with Gasteiger partial charge in [-0.3, -0.25) is 0 Å². The summed E-state index contributed by atoms with van der Waals surface area (Å²) in [5.74, 6) is -4.76. The molecule has 0 aromatic carbocycles. The van der Waals surface area contributed by atoms with Gasteiger partial charge in [0.25, 0.3) is 0 Å². The quantitative estimate of drug-likeness (QED) is 0.676. The summed E-state index contributed by atoms with van der Waals surface area (Å²) >= 11 is 0. The van der Waals surface area contributed by atoms with Gasteiger partial charge in [0, 0.05) is 11.0 Å². The zero-order valence-corrected chi connectivity index (χ0v) is 7.46. The molecule has 0 aromatic rings. The molecule has 0 aliphatic rings. The fourth-order valence-corrected chi connectivity index (χ4v) is 1.23. The predicted octanol–water partition coefficient (Wildman–Crippen LogP) is 4.21. The smallest absolute Gasteiger partial charge is 0.192 e. The number of halogens is 9. The molecule has 0 nitrogen and oxygen atoms in total. The van der Waals surface area contributed by atoms with E-state index in [-0.39, 0.29) is 0 Å². The number of rotatable bonds is 2. The first-order chi connectivity index (χ1) is 5.93. The van der Waals surface area contributed by atoms with Crippen molar-refractivity contribution in [3.8, 4) is 0 Å². The third kappa shape index (κ3) is 3.34. The lowest BCUT2D eigenvalue weighted by atomic mass is 10.1. The Balaban J connectivity index is 5.14. The fraction of sp³-hybridized carbons (Fsp3) is 1.00. The van der Waals surface area contributed by atoms with Crippen LogP contribution in [0.5, 0.6) is 0 Å². The maximum Gasteiger partial charge on any atom is 0.407 e. The van der Waals surface area contributed by atoms with E-state index in [1.807, 2.05) is 0 Å². The molecule has 0 fully saturated rings. The Bertz CT molecular complexity index is 180. The zero-order valence-electron chi connectivity index (χ0n) is 5.89. The average molecular weight is 269 g/mol. The van der Waals surface area contributed by atoms with Crippen LogP contribution in [0.2, 0.25) is 0 Å². The van der Waals surface area contributed by atoms with Gasteiger partial charge < -0.3 is 0 Å². The van der Waals surface area contributed by atoms with Crippen molar-refractivity contribution in [2.24, 2.45) is 5.92 Å². The third-order valence-corrected chi connectivity index (χ3v) is 2.15. The van der Waals surface area contributed by atoms with Gasteiger partial charge in [-0.25, -0.2) is 0 Å². The standard InChI is InChI=1S/C4HClF8S/c5-14-4(12,13)1(2(6,7)8)3(9,10)11/h1H. The molecule has 0 rings (SSSR count). The van der Waals surface area contributed by atoms with E-state index in [2.05, 4.69) is 10.7 Å². The Labute approximate surface area is 81.1 Å². The van der Waals surface area contributed by atoms with Crippen LogP contribution >= 0.6 is 21.7 Å². The molecule has 0 N–H and O–H groups in total. The summed E-state index contributed by atoms with van der Waals surface area (Å²) in [6.45, 7) is 0. The average Bonchev–Trinajstić information content (AvgIpc) is 1.79. The van der Waals surface area contributed by atoms with Crippen molar-refractivity contribution >= 4 is 21.7 Å². The van der Waals surface area contributed by atoms with Crippen LogP contribution in [0.4, 0.5) is 35.1 Å². The molecule has 0 amide bonds. The van der Waals surface area contributed by atoms with Crippen molar-refractivity contribution in [2.75, 3.05) is 0 Å². The maximum atomic E-state index is 12.2. The van der Waals surface area contributed by atoms with Gasteiger partial charge >= 0.3 is 17.6 Å². The molecule has 10 heteroatoms. The highest BCUT2D eigenvalue weighted by Crippen LogP contribution is 2.53. The number of alkyl halides is 8. The van der Waals surface area contributed by atoms with Crippen LogP contribution in [-0.4, -0.2) is 17.6 Å². The van der Waals surface area contributed by atoms with Crippen LogP contribution in [0.25, 0.3) is 0 Å². The minimum atomic E-state index is -6.09. The molecule has 86 valence electrons. The predicted molar refractivity (Wildman–Crippen MR) is 34.0 cm³/mol. The minimum Gasteiger partial charge on any atom is -0.192 e. The molecule has 0 aliphatic heterocycles. The Hall–Kier alpha value is 0.0800. The van der Waals surface area contributed by atoms with Gasteiger partial charge in [-0.05, 0) is 10.7 Å². The molecule has 0 bridgehead atoms. The van der Waals surface area contributed by atoms with Gasteiger partial charge in [-0.2, -0.15) is 35.1 Å². The van der Waals surface area contributed by atoms with Crippen LogP contribution in [0.3, 0.4) is 0 Å². The van der Waals surface area contributed by atoms with Crippen molar-refractivity contribution in [2.45, 2.75) is 17.6 Å². The number of hydrogen-bond acceptors (Lipinski definition) is 1. The summed E-state index contributed by atoms with van der Waals surface area (Å²) in [5, 5.41) is -5.14. The fourth-order valence-electron chi connectivity index (χ4n) is 0.611. The van der Waals surface area contributed by atoms with E-state index in [0.29, 0.717) is 0 Å². The molecular weight excluding hydrogens is 268 g/mol. The lowest BCUT2D eigenvalue weighted by molar-refractivity contribution is -0.318. The maximum absolute atomic E-state index is 12.2. The second-order valence-electron chi connectivity index (χ2n) is 2.16. The van der Waals surface area contributed by atoms with Gasteiger partial charge in [0.05, 0.1) is 0 Å². The molecule has 14 heavy (non-hydrogen) atoms. The van der Waals surface area contributed by atoms with Crippen LogP contribution in [0.1, 0.15) is 0 Å². The Morgan fingerprint density at radius 1 is 0.786 bits per heavy atom. The Morgan fingerprint density at radius 2 is 1.07 bits per heavy atom. The highest BCUT2D eigenvalue weighted by atomic mass is 35.7. The van der Waals surface area contributed by atoms with Crippen LogP contribution < -0.4 is 0 Å². The van der Waals surface area contributed by atoms with Crippen molar-refractivity contribution in [1.29, 1.82) is 0 Å².